The first-order chi connectivity index (χ1) is 5.77. The molecule has 1 heterocycles. The van der Waals surface area contributed by atoms with Crippen LogP contribution in [0.4, 0.5) is 5.55 Å². The van der Waals surface area contributed by atoms with E-state index in [0.29, 0.717) is 0 Å². The van der Waals surface area contributed by atoms with E-state index in [-0.39, 0.29) is 0 Å². The van der Waals surface area contributed by atoms with Crippen LogP contribution in [0.2, 0.25) is 0 Å². The van der Waals surface area contributed by atoms with Crippen LogP contribution in [0, 0.1) is 0 Å². The normalized spacial score (nSPS) is 11.2. The maximum absolute atomic E-state index is 4.51. The van der Waals surface area contributed by atoms with Crippen molar-refractivity contribution in [3.63, 3.8) is 0 Å². The van der Waals surface area contributed by atoms with Crippen molar-refractivity contribution in [2.45, 2.75) is 0 Å². The Balaban J connectivity index is 2.62. The fourth-order valence-electron chi connectivity index (χ4n) is 1.15. The molecular weight excluding hydrogens is 167 g/mol. The van der Waals surface area contributed by atoms with Gasteiger partial charge in [-0.3, -0.25) is 0 Å². The lowest BCUT2D eigenvalue weighted by Gasteiger charge is -2.05. The molecule has 1 aromatic carbocycles. The Bertz CT molecular complexity index is 359. The third-order valence-corrected chi connectivity index (χ3v) is 3.28. The summed E-state index contributed by atoms with van der Waals surface area (Å²) < 4.78 is 0. The maximum Gasteiger partial charge on any atom is 0.145 e. The van der Waals surface area contributed by atoms with E-state index in [1.54, 1.807) is 0 Å². The number of benzene rings is 1. The quantitative estimate of drug-likeness (QED) is 0.666. The highest BCUT2D eigenvalue weighted by Crippen LogP contribution is 2.31. The zero-order valence-electron chi connectivity index (χ0n) is 7.20. The van der Waals surface area contributed by atoms with E-state index >= 15 is 0 Å². The van der Waals surface area contributed by atoms with Gasteiger partial charge in [0.2, 0.25) is 0 Å². The van der Waals surface area contributed by atoms with Crippen LogP contribution in [-0.4, -0.2) is 19.1 Å². The number of hydrogen-bond donors (Lipinski definition) is 0. The SMILES string of the molecule is CN(C)c1nc2ccccc2[pH]1. The first-order valence-electron chi connectivity index (χ1n) is 3.89. The molecule has 0 saturated carbocycles. The molecule has 0 spiro atoms. The number of anilines is 1. The highest BCUT2D eigenvalue weighted by molar-refractivity contribution is 7.40. The van der Waals surface area contributed by atoms with Gasteiger partial charge in [-0.25, -0.2) is 4.98 Å². The van der Waals surface area contributed by atoms with E-state index in [1.165, 1.54) is 10.7 Å². The zero-order valence-corrected chi connectivity index (χ0v) is 8.20. The number of rotatable bonds is 1. The molecule has 0 aliphatic carbocycles. The Kier molecular flexibility index (Phi) is 1.78. The van der Waals surface area contributed by atoms with E-state index in [0.717, 1.165) is 13.7 Å². The first-order valence-corrected chi connectivity index (χ1v) is 4.89. The van der Waals surface area contributed by atoms with E-state index in [2.05, 4.69) is 28.1 Å². The topological polar surface area (TPSA) is 16.1 Å². The van der Waals surface area contributed by atoms with Gasteiger partial charge in [0.25, 0.3) is 0 Å². The second-order valence-electron chi connectivity index (χ2n) is 2.97. The van der Waals surface area contributed by atoms with Crippen molar-refractivity contribution in [2.24, 2.45) is 0 Å². The number of aromatic nitrogens is 1. The number of nitrogens with zero attached hydrogens (tertiary/aromatic N) is 2. The Morgan fingerprint density at radius 1 is 1.25 bits per heavy atom. The van der Waals surface area contributed by atoms with E-state index < -0.39 is 0 Å². The van der Waals surface area contributed by atoms with Gasteiger partial charge in [0.15, 0.2) is 0 Å². The van der Waals surface area contributed by atoms with Gasteiger partial charge in [0, 0.05) is 19.2 Å². The number of hydrogen-bond acceptors (Lipinski definition) is 2. The molecule has 1 unspecified atom stereocenters. The summed E-state index contributed by atoms with van der Waals surface area (Å²) in [6, 6.07) is 8.32. The second kappa shape index (κ2) is 2.80. The Labute approximate surface area is 73.3 Å². The van der Waals surface area contributed by atoms with Gasteiger partial charge in [-0.1, -0.05) is 20.3 Å². The van der Waals surface area contributed by atoms with Crippen LogP contribution in [0.15, 0.2) is 24.3 Å². The molecule has 1 atom stereocenters. The highest BCUT2D eigenvalue weighted by atomic mass is 31.0. The molecule has 1 aromatic heterocycles. The van der Waals surface area contributed by atoms with Crippen LogP contribution in [0.3, 0.4) is 0 Å². The van der Waals surface area contributed by atoms with Crippen molar-refractivity contribution in [2.75, 3.05) is 19.0 Å². The van der Waals surface area contributed by atoms with Crippen LogP contribution in [0.1, 0.15) is 0 Å². The summed E-state index contributed by atoms with van der Waals surface area (Å²) in [6.07, 6.45) is 0. The molecule has 0 saturated heterocycles. The minimum Gasteiger partial charge on any atom is -0.360 e. The van der Waals surface area contributed by atoms with Gasteiger partial charge >= 0.3 is 0 Å². The second-order valence-corrected chi connectivity index (χ2v) is 4.21. The van der Waals surface area contributed by atoms with Crippen molar-refractivity contribution in [1.29, 1.82) is 0 Å². The minimum atomic E-state index is 0.727. The zero-order chi connectivity index (χ0) is 8.55. The summed E-state index contributed by atoms with van der Waals surface area (Å²) in [4.78, 5) is 6.59. The molecule has 0 aliphatic heterocycles. The summed E-state index contributed by atoms with van der Waals surface area (Å²) in [6.45, 7) is 0. The lowest BCUT2D eigenvalue weighted by Crippen LogP contribution is -2.07. The Hall–Kier alpha value is -1.01. The molecule has 12 heavy (non-hydrogen) atoms. The van der Waals surface area contributed by atoms with E-state index in [9.17, 15) is 0 Å². The fourth-order valence-corrected chi connectivity index (χ4v) is 2.24. The molecule has 62 valence electrons. The molecular formula is C9H11N2P. The lowest BCUT2D eigenvalue weighted by atomic mass is 10.3. The summed E-state index contributed by atoms with van der Waals surface area (Å²) in [5.41, 5.74) is 2.32. The van der Waals surface area contributed by atoms with Crippen LogP contribution in [0.5, 0.6) is 0 Å². The highest BCUT2D eigenvalue weighted by Gasteiger charge is 2.01. The predicted octanol–water partition coefficient (Wildman–Crippen LogP) is 2.33. The summed E-state index contributed by atoms with van der Waals surface area (Å²) in [7, 11) is 4.81. The van der Waals surface area contributed by atoms with Crippen molar-refractivity contribution in [1.82, 2.24) is 4.98 Å². The summed E-state index contributed by atoms with van der Waals surface area (Å²) in [5.74, 6) is 0. The Morgan fingerprint density at radius 2 is 2.00 bits per heavy atom. The molecule has 0 fully saturated rings. The predicted molar refractivity (Wildman–Crippen MR) is 55.6 cm³/mol. The molecule has 2 aromatic rings. The smallest absolute Gasteiger partial charge is 0.145 e. The monoisotopic (exact) mass is 178 g/mol. The third kappa shape index (κ3) is 1.19. The van der Waals surface area contributed by atoms with Gasteiger partial charge in [-0.15, -0.1) is 0 Å². The lowest BCUT2D eigenvalue weighted by molar-refractivity contribution is 1.11. The van der Waals surface area contributed by atoms with Crippen molar-refractivity contribution >= 4 is 24.4 Å². The van der Waals surface area contributed by atoms with E-state index in [4.69, 9.17) is 0 Å². The number of para-hydroxylation sites is 1. The molecule has 0 aliphatic rings. The molecule has 0 radical (unpaired) electrons. The third-order valence-electron chi connectivity index (χ3n) is 1.80. The molecule has 0 amide bonds. The molecule has 2 rings (SSSR count). The molecule has 0 bridgehead atoms. The summed E-state index contributed by atoms with van der Waals surface area (Å²) >= 11 is 0. The van der Waals surface area contributed by atoms with Crippen molar-refractivity contribution in [3.05, 3.63) is 24.3 Å². The van der Waals surface area contributed by atoms with Gasteiger partial charge in [0.05, 0.1) is 5.52 Å². The average molecular weight is 178 g/mol. The average Bonchev–Trinajstić information content (AvgIpc) is 2.46. The number of fused-ring (bicyclic) bond motifs is 1. The van der Waals surface area contributed by atoms with Crippen molar-refractivity contribution in [3.8, 4) is 0 Å². The van der Waals surface area contributed by atoms with Gasteiger partial charge < -0.3 is 4.90 Å². The van der Waals surface area contributed by atoms with Crippen LogP contribution >= 0.6 is 8.19 Å². The van der Waals surface area contributed by atoms with Gasteiger partial charge in [-0.2, -0.15) is 0 Å². The van der Waals surface area contributed by atoms with Gasteiger partial charge in [0.1, 0.15) is 5.55 Å². The largest absolute Gasteiger partial charge is 0.360 e. The molecule has 3 heteroatoms. The standard InChI is InChI=1S/C9H11N2P/c1-11(2)9-10-7-5-3-4-6-8(7)12-9/h3-6,12H,1-2H3. The Morgan fingerprint density at radius 3 is 2.67 bits per heavy atom. The van der Waals surface area contributed by atoms with Gasteiger partial charge in [-0.05, 0) is 12.1 Å². The van der Waals surface area contributed by atoms with E-state index in [1.807, 2.05) is 20.2 Å². The van der Waals surface area contributed by atoms with Crippen LogP contribution in [-0.2, 0) is 0 Å². The van der Waals surface area contributed by atoms with Crippen LogP contribution < -0.4 is 4.90 Å². The minimum absolute atomic E-state index is 0.727. The maximum atomic E-state index is 4.51. The van der Waals surface area contributed by atoms with Crippen LogP contribution in [0.25, 0.3) is 10.6 Å². The van der Waals surface area contributed by atoms with Crippen molar-refractivity contribution < 1.29 is 0 Å². The summed E-state index contributed by atoms with van der Waals surface area (Å²) in [5, 5.41) is 1.36. The fraction of sp³-hybridized carbons (Fsp3) is 0.222. The first kappa shape index (κ1) is 7.63. The molecule has 2 nitrogen and oxygen atoms in total. The molecule has 0 N–H and O–H groups in total.